The molecule has 1 atom stereocenters. The Bertz CT molecular complexity index is 259. The van der Waals surface area contributed by atoms with Gasteiger partial charge in [0, 0.05) is 19.0 Å². The summed E-state index contributed by atoms with van der Waals surface area (Å²) >= 11 is 0. The van der Waals surface area contributed by atoms with Crippen molar-refractivity contribution in [3.8, 4) is 0 Å². The maximum atomic E-state index is 11.8. The van der Waals surface area contributed by atoms with Crippen LogP contribution >= 0.6 is 0 Å². The van der Waals surface area contributed by atoms with E-state index < -0.39 is 6.10 Å². The number of β-amino-alcohol motifs (C(OH)–C–C–N with tert-alkyl or cyclic N) is 1. The summed E-state index contributed by atoms with van der Waals surface area (Å²) in [5, 5.41) is 12.9. The molecule has 0 radical (unpaired) electrons. The minimum absolute atomic E-state index is 0.0799. The fourth-order valence-corrected chi connectivity index (χ4v) is 2.63. The molecule has 2 N–H and O–H groups in total. The lowest BCUT2D eigenvalue weighted by atomic mass is 9.99. The molecule has 0 saturated carbocycles. The second kappa shape index (κ2) is 8.54. The van der Waals surface area contributed by atoms with Crippen LogP contribution in [-0.4, -0.2) is 48.2 Å². The molecule has 0 unspecified atom stereocenters. The Morgan fingerprint density at radius 1 is 1.32 bits per heavy atom. The Hall–Kier alpha value is -0.610. The lowest BCUT2D eigenvalue weighted by molar-refractivity contribution is -0.125. The van der Waals surface area contributed by atoms with Crippen LogP contribution in [0.25, 0.3) is 0 Å². The number of rotatable bonds is 7. The zero-order valence-corrected chi connectivity index (χ0v) is 12.7. The number of carbonyl (C=O) groups is 1. The summed E-state index contributed by atoms with van der Waals surface area (Å²) in [6.07, 6.45) is 3.71. The summed E-state index contributed by atoms with van der Waals surface area (Å²) in [5.41, 5.74) is 0. The molecule has 0 spiro atoms. The van der Waals surface area contributed by atoms with Crippen LogP contribution in [0, 0.1) is 11.8 Å². The SMILES string of the molecule is CCC(CC)C(=O)NC[C@@H](O)CN1CCC(C)CC1. The van der Waals surface area contributed by atoms with Gasteiger partial charge in [-0.2, -0.15) is 0 Å². The minimum atomic E-state index is -0.452. The van der Waals surface area contributed by atoms with Gasteiger partial charge >= 0.3 is 0 Å². The number of carbonyl (C=O) groups excluding carboxylic acids is 1. The molecule has 1 aliphatic rings. The molecule has 1 saturated heterocycles. The quantitative estimate of drug-likeness (QED) is 0.739. The molecule has 1 fully saturated rings. The molecule has 1 amide bonds. The van der Waals surface area contributed by atoms with E-state index in [0.29, 0.717) is 13.1 Å². The predicted molar refractivity (Wildman–Crippen MR) is 77.9 cm³/mol. The molecule has 1 aliphatic heterocycles. The number of aliphatic hydroxyl groups excluding tert-OH is 1. The van der Waals surface area contributed by atoms with Gasteiger partial charge in [0.1, 0.15) is 0 Å². The van der Waals surface area contributed by atoms with Crippen molar-refractivity contribution in [2.75, 3.05) is 26.2 Å². The molecular formula is C15H30N2O2. The molecule has 0 aromatic heterocycles. The molecule has 1 heterocycles. The lowest BCUT2D eigenvalue weighted by Gasteiger charge is -2.31. The van der Waals surface area contributed by atoms with Crippen LogP contribution in [0.3, 0.4) is 0 Å². The maximum absolute atomic E-state index is 11.8. The predicted octanol–water partition coefficient (Wildman–Crippen LogP) is 1.63. The van der Waals surface area contributed by atoms with E-state index in [1.54, 1.807) is 0 Å². The van der Waals surface area contributed by atoms with Gasteiger partial charge in [0.2, 0.25) is 5.91 Å². The first-order valence-corrected chi connectivity index (χ1v) is 7.74. The lowest BCUT2D eigenvalue weighted by Crippen LogP contribution is -2.44. The normalized spacial score (nSPS) is 19.6. The maximum Gasteiger partial charge on any atom is 0.223 e. The summed E-state index contributed by atoms with van der Waals surface area (Å²) in [5.74, 6) is 0.974. The van der Waals surface area contributed by atoms with Crippen molar-refractivity contribution >= 4 is 5.91 Å². The number of hydrogen-bond donors (Lipinski definition) is 2. The van der Waals surface area contributed by atoms with Crippen LogP contribution in [0.1, 0.15) is 46.5 Å². The smallest absolute Gasteiger partial charge is 0.223 e. The topological polar surface area (TPSA) is 52.6 Å². The van der Waals surface area contributed by atoms with Gasteiger partial charge in [0.15, 0.2) is 0 Å². The summed E-state index contributed by atoms with van der Waals surface area (Å²) in [6, 6.07) is 0. The molecule has 19 heavy (non-hydrogen) atoms. The Labute approximate surface area is 117 Å². The Kier molecular flexibility index (Phi) is 7.39. The zero-order valence-electron chi connectivity index (χ0n) is 12.7. The first-order chi connectivity index (χ1) is 9.06. The van der Waals surface area contributed by atoms with Crippen molar-refractivity contribution in [3.63, 3.8) is 0 Å². The third kappa shape index (κ3) is 5.91. The Balaban J connectivity index is 2.20. The van der Waals surface area contributed by atoms with Crippen molar-refractivity contribution in [2.45, 2.75) is 52.6 Å². The van der Waals surface area contributed by atoms with Crippen LogP contribution in [0.5, 0.6) is 0 Å². The van der Waals surface area contributed by atoms with Gasteiger partial charge < -0.3 is 15.3 Å². The third-order valence-corrected chi connectivity index (χ3v) is 4.21. The molecule has 0 aromatic rings. The van der Waals surface area contributed by atoms with Crippen molar-refractivity contribution in [3.05, 3.63) is 0 Å². The summed E-state index contributed by atoms with van der Waals surface area (Å²) in [4.78, 5) is 14.1. The zero-order chi connectivity index (χ0) is 14.3. The monoisotopic (exact) mass is 270 g/mol. The molecule has 4 heteroatoms. The summed E-state index contributed by atoms with van der Waals surface area (Å²) in [7, 11) is 0. The third-order valence-electron chi connectivity index (χ3n) is 4.21. The van der Waals surface area contributed by atoms with Crippen LogP contribution < -0.4 is 5.32 Å². The van der Waals surface area contributed by atoms with E-state index in [1.165, 1.54) is 12.8 Å². The number of amides is 1. The summed E-state index contributed by atoms with van der Waals surface area (Å²) < 4.78 is 0. The molecule has 0 bridgehead atoms. The van der Waals surface area contributed by atoms with Crippen molar-refractivity contribution in [1.29, 1.82) is 0 Å². The largest absolute Gasteiger partial charge is 0.390 e. The van der Waals surface area contributed by atoms with Crippen LogP contribution in [-0.2, 0) is 4.79 Å². The number of piperidine rings is 1. The Morgan fingerprint density at radius 3 is 2.42 bits per heavy atom. The van der Waals surface area contributed by atoms with Gasteiger partial charge in [0.25, 0.3) is 0 Å². The van der Waals surface area contributed by atoms with E-state index in [0.717, 1.165) is 31.8 Å². The number of hydrogen-bond acceptors (Lipinski definition) is 3. The van der Waals surface area contributed by atoms with Gasteiger partial charge in [-0.1, -0.05) is 20.8 Å². The first-order valence-electron chi connectivity index (χ1n) is 7.74. The summed E-state index contributed by atoms with van der Waals surface area (Å²) in [6.45, 7) is 9.52. The Morgan fingerprint density at radius 2 is 1.89 bits per heavy atom. The average Bonchev–Trinajstić information content (AvgIpc) is 2.40. The van der Waals surface area contributed by atoms with Gasteiger partial charge in [-0.3, -0.25) is 4.79 Å². The molecule has 4 nitrogen and oxygen atoms in total. The molecule has 0 aliphatic carbocycles. The van der Waals surface area contributed by atoms with Crippen LogP contribution in [0.4, 0.5) is 0 Å². The highest BCUT2D eigenvalue weighted by atomic mass is 16.3. The van der Waals surface area contributed by atoms with E-state index in [2.05, 4.69) is 17.1 Å². The standard InChI is InChI=1S/C15H30N2O2/c1-4-13(5-2)15(19)16-10-14(18)11-17-8-6-12(3)7-9-17/h12-14,18H,4-11H2,1-3H3,(H,16,19)/t14-/m1/s1. The van der Waals surface area contributed by atoms with Crippen LogP contribution in [0.15, 0.2) is 0 Å². The fraction of sp³-hybridized carbons (Fsp3) is 0.933. The highest BCUT2D eigenvalue weighted by Crippen LogP contribution is 2.15. The second-order valence-corrected chi connectivity index (χ2v) is 5.90. The number of nitrogens with zero attached hydrogens (tertiary/aromatic N) is 1. The van der Waals surface area contributed by atoms with Crippen molar-refractivity contribution in [2.24, 2.45) is 11.8 Å². The van der Waals surface area contributed by atoms with E-state index >= 15 is 0 Å². The molecular weight excluding hydrogens is 240 g/mol. The first kappa shape index (κ1) is 16.4. The minimum Gasteiger partial charge on any atom is -0.390 e. The van der Waals surface area contributed by atoms with Crippen molar-refractivity contribution < 1.29 is 9.90 Å². The molecule has 112 valence electrons. The number of nitrogens with one attached hydrogen (secondary N) is 1. The van der Waals surface area contributed by atoms with E-state index in [4.69, 9.17) is 0 Å². The second-order valence-electron chi connectivity index (χ2n) is 5.90. The van der Waals surface area contributed by atoms with Crippen molar-refractivity contribution in [1.82, 2.24) is 10.2 Å². The van der Waals surface area contributed by atoms with Gasteiger partial charge in [-0.25, -0.2) is 0 Å². The molecule has 1 rings (SSSR count). The van der Waals surface area contributed by atoms with Crippen LogP contribution in [0.2, 0.25) is 0 Å². The van der Waals surface area contributed by atoms with Gasteiger partial charge in [-0.05, 0) is 44.7 Å². The van der Waals surface area contributed by atoms with Gasteiger partial charge in [0.05, 0.1) is 6.10 Å². The van der Waals surface area contributed by atoms with E-state index in [9.17, 15) is 9.90 Å². The number of aliphatic hydroxyl groups is 1. The highest BCUT2D eigenvalue weighted by molar-refractivity contribution is 5.78. The average molecular weight is 270 g/mol. The van der Waals surface area contributed by atoms with E-state index in [-0.39, 0.29) is 11.8 Å². The molecule has 0 aromatic carbocycles. The number of likely N-dealkylation sites (tertiary alicyclic amines) is 1. The van der Waals surface area contributed by atoms with E-state index in [1.807, 2.05) is 13.8 Å². The fourth-order valence-electron chi connectivity index (χ4n) is 2.63. The van der Waals surface area contributed by atoms with Gasteiger partial charge in [-0.15, -0.1) is 0 Å². The highest BCUT2D eigenvalue weighted by Gasteiger charge is 2.19.